The number of hydrogen-bond donors (Lipinski definition) is 2. The SMILES string of the molecule is COc1ccccc1OCc1cc(NN)ccn1. The average Bonchev–Trinajstić information content (AvgIpc) is 2.45. The van der Waals surface area contributed by atoms with Crippen LogP contribution in [0.4, 0.5) is 5.69 Å². The number of rotatable bonds is 5. The molecule has 0 spiro atoms. The third-order valence-electron chi connectivity index (χ3n) is 2.43. The van der Waals surface area contributed by atoms with Gasteiger partial charge in [0.2, 0.25) is 0 Å². The molecular weight excluding hydrogens is 230 g/mol. The Kier molecular flexibility index (Phi) is 3.98. The number of ether oxygens (including phenoxy) is 2. The lowest BCUT2D eigenvalue weighted by Crippen LogP contribution is -2.08. The second kappa shape index (κ2) is 5.88. The molecule has 0 atom stereocenters. The number of nitrogen functional groups attached to an aromatic ring is 1. The van der Waals surface area contributed by atoms with Crippen molar-refractivity contribution in [2.24, 2.45) is 5.84 Å². The van der Waals surface area contributed by atoms with Crippen molar-refractivity contribution >= 4 is 5.69 Å². The highest BCUT2D eigenvalue weighted by atomic mass is 16.5. The van der Waals surface area contributed by atoms with Crippen molar-refractivity contribution in [3.05, 3.63) is 48.3 Å². The van der Waals surface area contributed by atoms with Crippen LogP contribution in [-0.2, 0) is 6.61 Å². The van der Waals surface area contributed by atoms with Gasteiger partial charge in [-0.15, -0.1) is 0 Å². The minimum Gasteiger partial charge on any atom is -0.493 e. The first-order valence-corrected chi connectivity index (χ1v) is 5.51. The maximum Gasteiger partial charge on any atom is 0.161 e. The summed E-state index contributed by atoms with van der Waals surface area (Å²) in [6.45, 7) is 0.357. The van der Waals surface area contributed by atoms with E-state index >= 15 is 0 Å². The number of hydrazine groups is 1. The zero-order valence-electron chi connectivity index (χ0n) is 10.1. The monoisotopic (exact) mass is 245 g/mol. The zero-order chi connectivity index (χ0) is 12.8. The molecule has 0 aliphatic heterocycles. The van der Waals surface area contributed by atoms with Gasteiger partial charge in [0.15, 0.2) is 11.5 Å². The van der Waals surface area contributed by atoms with Crippen molar-refractivity contribution in [2.75, 3.05) is 12.5 Å². The van der Waals surface area contributed by atoms with E-state index in [1.807, 2.05) is 30.3 Å². The summed E-state index contributed by atoms with van der Waals surface area (Å²) in [6, 6.07) is 11.1. The molecular formula is C13H15N3O2. The lowest BCUT2D eigenvalue weighted by atomic mass is 10.3. The highest BCUT2D eigenvalue weighted by Gasteiger charge is 2.03. The van der Waals surface area contributed by atoms with Gasteiger partial charge in [0.25, 0.3) is 0 Å². The van der Waals surface area contributed by atoms with Gasteiger partial charge >= 0.3 is 0 Å². The summed E-state index contributed by atoms with van der Waals surface area (Å²) in [5.41, 5.74) is 4.15. The maximum absolute atomic E-state index is 5.66. The molecule has 0 radical (unpaired) electrons. The van der Waals surface area contributed by atoms with E-state index < -0.39 is 0 Å². The van der Waals surface area contributed by atoms with Crippen LogP contribution < -0.4 is 20.7 Å². The van der Waals surface area contributed by atoms with Crippen LogP contribution in [0, 0.1) is 0 Å². The Morgan fingerprint density at radius 3 is 2.72 bits per heavy atom. The van der Waals surface area contributed by atoms with E-state index in [1.165, 1.54) is 0 Å². The van der Waals surface area contributed by atoms with Crippen LogP contribution in [0.5, 0.6) is 11.5 Å². The fourth-order valence-corrected chi connectivity index (χ4v) is 1.54. The predicted octanol–water partition coefficient (Wildman–Crippen LogP) is 1.95. The maximum atomic E-state index is 5.66. The lowest BCUT2D eigenvalue weighted by molar-refractivity contribution is 0.281. The molecule has 1 heterocycles. The minimum absolute atomic E-state index is 0.357. The molecule has 0 aliphatic rings. The van der Waals surface area contributed by atoms with E-state index in [0.717, 1.165) is 11.4 Å². The summed E-state index contributed by atoms with van der Waals surface area (Å²) in [5.74, 6) is 6.72. The molecule has 5 nitrogen and oxygen atoms in total. The van der Waals surface area contributed by atoms with Gasteiger partial charge in [-0.3, -0.25) is 10.8 Å². The molecule has 1 aromatic carbocycles. The molecule has 2 aromatic rings. The summed E-state index contributed by atoms with van der Waals surface area (Å²) >= 11 is 0. The van der Waals surface area contributed by atoms with E-state index in [2.05, 4.69) is 10.4 Å². The molecule has 0 aliphatic carbocycles. The average molecular weight is 245 g/mol. The van der Waals surface area contributed by atoms with E-state index in [1.54, 1.807) is 19.4 Å². The molecule has 0 saturated carbocycles. The van der Waals surface area contributed by atoms with Gasteiger partial charge in [-0.25, -0.2) is 0 Å². The van der Waals surface area contributed by atoms with Crippen LogP contribution in [0.1, 0.15) is 5.69 Å². The number of benzene rings is 1. The smallest absolute Gasteiger partial charge is 0.161 e. The Morgan fingerprint density at radius 1 is 1.22 bits per heavy atom. The highest BCUT2D eigenvalue weighted by molar-refractivity contribution is 5.42. The van der Waals surface area contributed by atoms with Crippen LogP contribution in [0.25, 0.3) is 0 Å². The fraction of sp³-hybridized carbons (Fsp3) is 0.154. The first-order chi connectivity index (χ1) is 8.83. The van der Waals surface area contributed by atoms with Crippen molar-refractivity contribution in [3.8, 4) is 11.5 Å². The molecule has 0 unspecified atom stereocenters. The third-order valence-corrected chi connectivity index (χ3v) is 2.43. The highest BCUT2D eigenvalue weighted by Crippen LogP contribution is 2.26. The van der Waals surface area contributed by atoms with E-state index in [0.29, 0.717) is 18.1 Å². The number of nitrogens with two attached hydrogens (primary N) is 1. The van der Waals surface area contributed by atoms with E-state index in [4.69, 9.17) is 15.3 Å². The number of aromatic nitrogens is 1. The van der Waals surface area contributed by atoms with Crippen molar-refractivity contribution in [3.63, 3.8) is 0 Å². The quantitative estimate of drug-likeness (QED) is 0.622. The number of nitrogens with one attached hydrogen (secondary N) is 1. The summed E-state index contributed by atoms with van der Waals surface area (Å²) in [4.78, 5) is 4.20. The van der Waals surface area contributed by atoms with Crippen LogP contribution in [-0.4, -0.2) is 12.1 Å². The van der Waals surface area contributed by atoms with Gasteiger partial charge < -0.3 is 14.9 Å². The van der Waals surface area contributed by atoms with Gasteiger partial charge in [-0.1, -0.05) is 12.1 Å². The molecule has 2 rings (SSSR count). The van der Waals surface area contributed by atoms with E-state index in [9.17, 15) is 0 Å². The van der Waals surface area contributed by atoms with Crippen LogP contribution in [0.15, 0.2) is 42.6 Å². The van der Waals surface area contributed by atoms with Gasteiger partial charge in [0.1, 0.15) is 6.61 Å². The molecule has 5 heteroatoms. The Labute approximate surface area is 106 Å². The van der Waals surface area contributed by atoms with Crippen molar-refractivity contribution in [2.45, 2.75) is 6.61 Å². The van der Waals surface area contributed by atoms with Crippen molar-refractivity contribution < 1.29 is 9.47 Å². The first kappa shape index (κ1) is 12.2. The van der Waals surface area contributed by atoms with Crippen LogP contribution in [0.2, 0.25) is 0 Å². The molecule has 94 valence electrons. The molecule has 18 heavy (non-hydrogen) atoms. The van der Waals surface area contributed by atoms with Crippen molar-refractivity contribution in [1.29, 1.82) is 0 Å². The molecule has 3 N–H and O–H groups in total. The Hall–Kier alpha value is -2.27. The Balaban J connectivity index is 2.06. The van der Waals surface area contributed by atoms with Gasteiger partial charge in [0, 0.05) is 6.20 Å². The predicted molar refractivity (Wildman–Crippen MR) is 69.4 cm³/mol. The summed E-state index contributed by atoms with van der Waals surface area (Å²) < 4.78 is 10.9. The molecule has 0 bridgehead atoms. The number of pyridine rings is 1. The molecule has 0 fully saturated rings. The normalized spacial score (nSPS) is 9.89. The number of hydrogen-bond acceptors (Lipinski definition) is 5. The standard InChI is InChI=1S/C13H15N3O2/c1-17-12-4-2-3-5-13(12)18-9-11-8-10(16-14)6-7-15-11/h2-8H,9,14H2,1H3,(H,15,16). The summed E-state index contributed by atoms with van der Waals surface area (Å²) in [7, 11) is 1.61. The van der Waals surface area contributed by atoms with Crippen LogP contribution in [0.3, 0.4) is 0 Å². The van der Waals surface area contributed by atoms with Gasteiger partial charge in [0.05, 0.1) is 18.5 Å². The number of methoxy groups -OCH3 is 1. The molecule has 0 saturated heterocycles. The van der Waals surface area contributed by atoms with E-state index in [-0.39, 0.29) is 0 Å². The minimum atomic E-state index is 0.357. The molecule has 0 amide bonds. The van der Waals surface area contributed by atoms with Gasteiger partial charge in [-0.2, -0.15) is 0 Å². The van der Waals surface area contributed by atoms with Gasteiger partial charge in [-0.05, 0) is 24.3 Å². The Morgan fingerprint density at radius 2 is 2.00 bits per heavy atom. The molecule has 1 aromatic heterocycles. The second-order valence-corrected chi connectivity index (χ2v) is 3.62. The lowest BCUT2D eigenvalue weighted by Gasteiger charge is -2.10. The zero-order valence-corrected chi connectivity index (χ0v) is 10.1. The van der Waals surface area contributed by atoms with Crippen molar-refractivity contribution in [1.82, 2.24) is 4.98 Å². The number of anilines is 1. The largest absolute Gasteiger partial charge is 0.493 e. The number of para-hydroxylation sites is 2. The summed E-state index contributed by atoms with van der Waals surface area (Å²) in [6.07, 6.45) is 1.68. The number of nitrogens with zero attached hydrogens (tertiary/aromatic N) is 1. The summed E-state index contributed by atoms with van der Waals surface area (Å²) in [5, 5.41) is 0. The second-order valence-electron chi connectivity index (χ2n) is 3.62. The topological polar surface area (TPSA) is 69.4 Å². The first-order valence-electron chi connectivity index (χ1n) is 5.51. The fourth-order valence-electron chi connectivity index (χ4n) is 1.54. The van der Waals surface area contributed by atoms with Crippen LogP contribution >= 0.6 is 0 Å². The third kappa shape index (κ3) is 2.89. The Bertz CT molecular complexity index is 517.